The van der Waals surface area contributed by atoms with Crippen LogP contribution in [0.4, 0.5) is 0 Å². The van der Waals surface area contributed by atoms with Crippen LogP contribution in [0.25, 0.3) is 0 Å². The highest BCUT2D eigenvalue weighted by Crippen LogP contribution is 2.14. The van der Waals surface area contributed by atoms with Gasteiger partial charge in [0.1, 0.15) is 5.76 Å². The van der Waals surface area contributed by atoms with E-state index in [1.807, 2.05) is 30.3 Å². The first kappa shape index (κ1) is 12.1. The molecule has 0 aliphatic rings. The van der Waals surface area contributed by atoms with Gasteiger partial charge in [-0.25, -0.2) is 0 Å². The van der Waals surface area contributed by atoms with Crippen LogP contribution in [0, 0.1) is 18.3 Å². The Kier molecular flexibility index (Phi) is 4.35. The normalized spacial score (nSPS) is 12.9. The molecule has 82 valence electrons. The van der Waals surface area contributed by atoms with Crippen LogP contribution in [-0.4, -0.2) is 10.9 Å². The Hall–Kier alpha value is -2.01. The van der Waals surface area contributed by atoms with Crippen LogP contribution < -0.4 is 0 Å². The van der Waals surface area contributed by atoms with E-state index in [0.717, 1.165) is 5.56 Å². The molecule has 2 nitrogen and oxygen atoms in total. The van der Waals surface area contributed by atoms with Crippen LogP contribution in [0.5, 0.6) is 0 Å². The fraction of sp³-hybridized carbons (Fsp3) is 0.214. The fourth-order valence-electron chi connectivity index (χ4n) is 1.41. The number of aliphatic hydroxyl groups is 1. The van der Waals surface area contributed by atoms with Crippen molar-refractivity contribution in [3.8, 4) is 12.3 Å². The SMILES string of the molecule is C#CC(Cc1ccccc1)/C(O)=C\C(C)=O. The first-order valence-electron chi connectivity index (χ1n) is 5.04. The minimum absolute atomic E-state index is 0.0427. The predicted molar refractivity (Wildman–Crippen MR) is 63.9 cm³/mol. The lowest BCUT2D eigenvalue weighted by Crippen LogP contribution is -2.06. The van der Waals surface area contributed by atoms with Crippen molar-refractivity contribution >= 4 is 5.78 Å². The highest BCUT2D eigenvalue weighted by molar-refractivity contribution is 5.87. The molecule has 1 aromatic rings. The molecule has 1 rings (SSSR count). The van der Waals surface area contributed by atoms with E-state index in [9.17, 15) is 9.90 Å². The van der Waals surface area contributed by atoms with Gasteiger partial charge in [0.25, 0.3) is 0 Å². The number of ketones is 1. The van der Waals surface area contributed by atoms with Crippen molar-refractivity contribution in [1.29, 1.82) is 0 Å². The zero-order valence-corrected chi connectivity index (χ0v) is 9.18. The number of hydrogen-bond donors (Lipinski definition) is 1. The molecule has 1 unspecified atom stereocenters. The highest BCUT2D eigenvalue weighted by atomic mass is 16.3. The lowest BCUT2D eigenvalue weighted by Gasteiger charge is -2.09. The van der Waals surface area contributed by atoms with Gasteiger partial charge in [0.15, 0.2) is 5.78 Å². The number of hydrogen-bond acceptors (Lipinski definition) is 2. The summed E-state index contributed by atoms with van der Waals surface area (Å²) in [5, 5.41) is 9.64. The summed E-state index contributed by atoms with van der Waals surface area (Å²) >= 11 is 0. The summed E-state index contributed by atoms with van der Waals surface area (Å²) in [5.74, 6) is 1.80. The van der Waals surface area contributed by atoms with Gasteiger partial charge in [-0.2, -0.15) is 0 Å². The summed E-state index contributed by atoms with van der Waals surface area (Å²) in [6.45, 7) is 1.38. The van der Waals surface area contributed by atoms with E-state index in [4.69, 9.17) is 6.42 Å². The van der Waals surface area contributed by atoms with Crippen LogP contribution in [0.2, 0.25) is 0 Å². The minimum Gasteiger partial charge on any atom is -0.511 e. The van der Waals surface area contributed by atoms with E-state index in [1.165, 1.54) is 13.0 Å². The second kappa shape index (κ2) is 5.77. The van der Waals surface area contributed by atoms with Gasteiger partial charge in [0.05, 0.1) is 5.92 Å². The van der Waals surface area contributed by atoms with Gasteiger partial charge in [-0.1, -0.05) is 36.3 Å². The summed E-state index contributed by atoms with van der Waals surface area (Å²) in [6, 6.07) is 9.61. The van der Waals surface area contributed by atoms with Gasteiger partial charge in [0, 0.05) is 6.08 Å². The Morgan fingerprint density at radius 2 is 2.12 bits per heavy atom. The molecule has 0 heterocycles. The van der Waals surface area contributed by atoms with Crippen molar-refractivity contribution in [3.63, 3.8) is 0 Å². The van der Waals surface area contributed by atoms with Crippen LogP contribution in [-0.2, 0) is 11.2 Å². The maximum Gasteiger partial charge on any atom is 0.155 e. The summed E-state index contributed by atoms with van der Waals surface area (Å²) in [5.41, 5.74) is 1.04. The zero-order valence-electron chi connectivity index (χ0n) is 9.18. The van der Waals surface area contributed by atoms with Gasteiger partial charge in [-0.3, -0.25) is 4.79 Å². The van der Waals surface area contributed by atoms with Crippen molar-refractivity contribution in [2.24, 2.45) is 5.92 Å². The van der Waals surface area contributed by atoms with Gasteiger partial charge in [0.2, 0.25) is 0 Å². The van der Waals surface area contributed by atoms with Crippen LogP contribution in [0.3, 0.4) is 0 Å². The van der Waals surface area contributed by atoms with E-state index in [2.05, 4.69) is 5.92 Å². The average molecular weight is 214 g/mol. The highest BCUT2D eigenvalue weighted by Gasteiger charge is 2.11. The van der Waals surface area contributed by atoms with Crippen molar-refractivity contribution < 1.29 is 9.90 Å². The number of benzene rings is 1. The summed E-state index contributed by atoms with van der Waals surface area (Å²) < 4.78 is 0. The molecule has 16 heavy (non-hydrogen) atoms. The predicted octanol–water partition coefficient (Wildman–Crippen LogP) is 2.51. The van der Waals surface area contributed by atoms with Crippen LogP contribution >= 0.6 is 0 Å². The third kappa shape index (κ3) is 3.62. The van der Waals surface area contributed by atoms with Crippen molar-refractivity contribution in [2.45, 2.75) is 13.3 Å². The third-order valence-corrected chi connectivity index (χ3v) is 2.19. The standard InChI is InChI=1S/C14H14O2/c1-3-13(14(16)9-11(2)15)10-12-7-5-4-6-8-12/h1,4-9,13,16H,10H2,2H3/b14-9+. The zero-order chi connectivity index (χ0) is 12.0. The number of carbonyl (C=O) groups is 1. The first-order chi connectivity index (χ1) is 7.63. The van der Waals surface area contributed by atoms with Crippen LogP contribution in [0.15, 0.2) is 42.2 Å². The van der Waals surface area contributed by atoms with E-state index >= 15 is 0 Å². The number of rotatable bonds is 4. The summed E-state index contributed by atoms with van der Waals surface area (Å²) in [4.78, 5) is 10.8. The number of allylic oxidation sites excluding steroid dienone is 2. The van der Waals surface area contributed by atoms with Crippen molar-refractivity contribution in [1.82, 2.24) is 0 Å². The molecule has 0 radical (unpaired) electrons. The Balaban J connectivity index is 2.78. The molecule has 0 saturated heterocycles. The van der Waals surface area contributed by atoms with E-state index in [1.54, 1.807) is 0 Å². The molecule has 2 heteroatoms. The molecule has 0 spiro atoms. The summed E-state index contributed by atoms with van der Waals surface area (Å²) in [7, 11) is 0. The molecule has 0 saturated carbocycles. The molecule has 0 amide bonds. The monoisotopic (exact) mass is 214 g/mol. The maximum absolute atomic E-state index is 10.8. The lowest BCUT2D eigenvalue weighted by atomic mass is 9.97. The molecule has 0 aromatic heterocycles. The number of terminal acetylenes is 1. The maximum atomic E-state index is 10.8. The lowest BCUT2D eigenvalue weighted by molar-refractivity contribution is -0.112. The molecular formula is C14H14O2. The Bertz CT molecular complexity index is 424. The Labute approximate surface area is 95.6 Å². The van der Waals surface area contributed by atoms with E-state index in [-0.39, 0.29) is 11.5 Å². The number of aliphatic hydroxyl groups excluding tert-OH is 1. The summed E-state index contributed by atoms with van der Waals surface area (Å²) in [6.07, 6.45) is 7.04. The molecule has 1 aromatic carbocycles. The fourth-order valence-corrected chi connectivity index (χ4v) is 1.41. The van der Waals surface area contributed by atoms with E-state index < -0.39 is 5.92 Å². The first-order valence-corrected chi connectivity index (χ1v) is 5.04. The van der Waals surface area contributed by atoms with Crippen molar-refractivity contribution in [2.75, 3.05) is 0 Å². The van der Waals surface area contributed by atoms with Gasteiger partial charge in [-0.05, 0) is 18.9 Å². The molecule has 1 atom stereocenters. The van der Waals surface area contributed by atoms with E-state index in [0.29, 0.717) is 6.42 Å². The third-order valence-electron chi connectivity index (χ3n) is 2.19. The molecule has 0 fully saturated rings. The van der Waals surface area contributed by atoms with Gasteiger partial charge >= 0.3 is 0 Å². The second-order valence-electron chi connectivity index (χ2n) is 3.59. The molecule has 0 aliphatic carbocycles. The number of carbonyl (C=O) groups excluding carboxylic acids is 1. The smallest absolute Gasteiger partial charge is 0.155 e. The minimum atomic E-state index is -0.439. The molecular weight excluding hydrogens is 200 g/mol. The second-order valence-corrected chi connectivity index (χ2v) is 3.59. The molecule has 1 N–H and O–H groups in total. The Morgan fingerprint density at radius 1 is 1.50 bits per heavy atom. The molecule has 0 bridgehead atoms. The Morgan fingerprint density at radius 3 is 2.62 bits per heavy atom. The average Bonchev–Trinajstić information content (AvgIpc) is 2.26. The largest absolute Gasteiger partial charge is 0.511 e. The van der Waals surface area contributed by atoms with Gasteiger partial charge < -0.3 is 5.11 Å². The van der Waals surface area contributed by atoms with Gasteiger partial charge in [-0.15, -0.1) is 6.42 Å². The molecule has 0 aliphatic heterocycles. The van der Waals surface area contributed by atoms with Crippen molar-refractivity contribution in [3.05, 3.63) is 47.7 Å². The quantitative estimate of drug-likeness (QED) is 0.475. The van der Waals surface area contributed by atoms with Crippen LogP contribution in [0.1, 0.15) is 12.5 Å². The topological polar surface area (TPSA) is 37.3 Å².